The molecule has 1 aromatic rings. The van der Waals surface area contributed by atoms with Gasteiger partial charge in [-0.15, -0.1) is 11.8 Å². The molecule has 4 amide bonds. The van der Waals surface area contributed by atoms with E-state index >= 15 is 0 Å². The van der Waals surface area contributed by atoms with Crippen molar-refractivity contribution in [3.63, 3.8) is 0 Å². The van der Waals surface area contributed by atoms with Crippen molar-refractivity contribution >= 4 is 41.4 Å². The van der Waals surface area contributed by atoms with Gasteiger partial charge >= 0.3 is 6.03 Å². The summed E-state index contributed by atoms with van der Waals surface area (Å²) in [7, 11) is 0. The summed E-state index contributed by atoms with van der Waals surface area (Å²) < 4.78 is 0. The van der Waals surface area contributed by atoms with Crippen LogP contribution in [0.1, 0.15) is 6.42 Å². The quantitative estimate of drug-likeness (QED) is 0.452. The number of urea groups is 1. The molecule has 3 rings (SSSR count). The molecule has 0 radical (unpaired) electrons. The number of benzene rings is 1. The fourth-order valence-electron chi connectivity index (χ4n) is 2.73. The van der Waals surface area contributed by atoms with Gasteiger partial charge in [-0.1, -0.05) is 18.2 Å². The summed E-state index contributed by atoms with van der Waals surface area (Å²) >= 11 is 3.29. The summed E-state index contributed by atoms with van der Waals surface area (Å²) in [6.45, 7) is 0.274. The van der Waals surface area contributed by atoms with Crippen molar-refractivity contribution < 1.29 is 14.4 Å². The van der Waals surface area contributed by atoms with E-state index in [1.54, 1.807) is 23.5 Å². The Balaban J connectivity index is 1.43. The van der Waals surface area contributed by atoms with Gasteiger partial charge < -0.3 is 10.6 Å². The van der Waals surface area contributed by atoms with E-state index in [0.717, 1.165) is 21.3 Å². The third-order valence-corrected chi connectivity index (χ3v) is 6.21. The van der Waals surface area contributed by atoms with Crippen molar-refractivity contribution in [1.82, 2.24) is 15.5 Å². The molecule has 0 aromatic heterocycles. The van der Waals surface area contributed by atoms with Gasteiger partial charge in [0.15, 0.2) is 0 Å². The van der Waals surface area contributed by atoms with E-state index in [1.807, 2.05) is 30.3 Å². The fraction of sp³-hybridized carbons (Fsp3) is 0.438. The number of nitrogens with one attached hydrogen (secondary N) is 2. The maximum atomic E-state index is 12.4. The van der Waals surface area contributed by atoms with Crippen molar-refractivity contribution in [2.45, 2.75) is 16.9 Å². The molecule has 2 N–H and O–H groups in total. The molecule has 2 aliphatic heterocycles. The van der Waals surface area contributed by atoms with E-state index < -0.39 is 11.6 Å². The minimum Gasteiger partial charge on any atom is -0.354 e. The Labute approximate surface area is 149 Å². The molecule has 0 aliphatic carbocycles. The molecule has 2 fully saturated rings. The van der Waals surface area contributed by atoms with Crippen LogP contribution in [0.25, 0.3) is 0 Å². The number of nitrogens with zero attached hydrogens (tertiary/aromatic N) is 1. The Bertz CT molecular complexity index is 633. The number of thioether (sulfide) groups is 2. The van der Waals surface area contributed by atoms with Gasteiger partial charge in [0, 0.05) is 22.9 Å². The Hall–Kier alpha value is -1.67. The molecule has 128 valence electrons. The Morgan fingerprint density at radius 2 is 2.12 bits per heavy atom. The van der Waals surface area contributed by atoms with Crippen LogP contribution in [0.4, 0.5) is 4.79 Å². The predicted octanol–water partition coefficient (Wildman–Crippen LogP) is 1.32. The summed E-state index contributed by atoms with van der Waals surface area (Å²) in [5.74, 6) is 1.59. The second-order valence-corrected chi connectivity index (χ2v) is 7.99. The lowest BCUT2D eigenvalue weighted by atomic mass is 9.99. The molecule has 2 saturated heterocycles. The molecule has 1 spiro atoms. The first-order chi connectivity index (χ1) is 11.6. The van der Waals surface area contributed by atoms with Crippen LogP contribution in [0, 0.1) is 0 Å². The molecule has 0 bridgehead atoms. The number of rotatable bonds is 6. The minimum absolute atomic E-state index is 0.215. The second kappa shape index (κ2) is 7.48. The zero-order valence-corrected chi connectivity index (χ0v) is 14.8. The van der Waals surface area contributed by atoms with E-state index in [9.17, 15) is 14.4 Å². The molecule has 6 nitrogen and oxygen atoms in total. The lowest BCUT2D eigenvalue weighted by molar-refractivity contribution is -0.134. The van der Waals surface area contributed by atoms with Gasteiger partial charge in [0.25, 0.3) is 5.91 Å². The summed E-state index contributed by atoms with van der Waals surface area (Å²) in [4.78, 5) is 38.6. The molecule has 2 aliphatic rings. The Morgan fingerprint density at radius 3 is 2.83 bits per heavy atom. The van der Waals surface area contributed by atoms with Crippen LogP contribution >= 0.6 is 23.5 Å². The first-order valence-electron chi connectivity index (χ1n) is 7.77. The van der Waals surface area contributed by atoms with Gasteiger partial charge in [0.05, 0.1) is 0 Å². The van der Waals surface area contributed by atoms with E-state index in [0.29, 0.717) is 18.7 Å². The van der Waals surface area contributed by atoms with Gasteiger partial charge in [-0.05, 0) is 24.3 Å². The van der Waals surface area contributed by atoms with Crippen molar-refractivity contribution in [3.05, 3.63) is 30.3 Å². The largest absolute Gasteiger partial charge is 0.354 e. The maximum Gasteiger partial charge on any atom is 0.325 e. The topological polar surface area (TPSA) is 78.5 Å². The lowest BCUT2D eigenvalue weighted by Gasteiger charge is -2.19. The second-order valence-electron chi connectivity index (χ2n) is 5.72. The smallest absolute Gasteiger partial charge is 0.325 e. The SMILES string of the molecule is O=C(CN1C(=O)NC2(CCSC2)C1=O)NCCSc1ccccc1. The molecular formula is C16H19N3O3S2. The lowest BCUT2D eigenvalue weighted by Crippen LogP contribution is -2.47. The van der Waals surface area contributed by atoms with Crippen LogP contribution in [-0.2, 0) is 9.59 Å². The third kappa shape index (κ3) is 3.70. The molecule has 2 heterocycles. The number of carbonyl (C=O) groups excluding carboxylic acids is 3. The highest BCUT2D eigenvalue weighted by Gasteiger charge is 2.53. The zero-order chi connectivity index (χ0) is 17.0. The normalized spacial score (nSPS) is 22.9. The van der Waals surface area contributed by atoms with E-state index in [1.165, 1.54) is 0 Å². The summed E-state index contributed by atoms with van der Waals surface area (Å²) in [6, 6.07) is 9.46. The van der Waals surface area contributed by atoms with Gasteiger partial charge in [0.1, 0.15) is 12.1 Å². The van der Waals surface area contributed by atoms with Gasteiger partial charge in [-0.2, -0.15) is 11.8 Å². The predicted molar refractivity (Wildman–Crippen MR) is 95.1 cm³/mol. The summed E-state index contributed by atoms with van der Waals surface area (Å²) in [5, 5.41) is 5.52. The molecule has 1 atom stereocenters. The Morgan fingerprint density at radius 1 is 1.33 bits per heavy atom. The monoisotopic (exact) mass is 365 g/mol. The highest BCUT2D eigenvalue weighted by atomic mass is 32.2. The van der Waals surface area contributed by atoms with Crippen molar-refractivity contribution in [1.29, 1.82) is 0 Å². The van der Waals surface area contributed by atoms with Crippen LogP contribution in [0.2, 0.25) is 0 Å². The highest BCUT2D eigenvalue weighted by molar-refractivity contribution is 7.99. The molecule has 1 unspecified atom stereocenters. The van der Waals surface area contributed by atoms with Crippen LogP contribution in [0.5, 0.6) is 0 Å². The fourth-order valence-corrected chi connectivity index (χ4v) is 4.84. The molecule has 0 saturated carbocycles. The number of hydrogen-bond donors (Lipinski definition) is 2. The molecular weight excluding hydrogens is 346 g/mol. The highest BCUT2D eigenvalue weighted by Crippen LogP contribution is 2.33. The van der Waals surface area contributed by atoms with E-state index in [4.69, 9.17) is 0 Å². The molecule has 24 heavy (non-hydrogen) atoms. The summed E-state index contributed by atoms with van der Waals surface area (Å²) in [5.41, 5.74) is -0.787. The summed E-state index contributed by atoms with van der Waals surface area (Å²) in [6.07, 6.45) is 0.633. The van der Waals surface area contributed by atoms with Crippen LogP contribution in [-0.4, -0.2) is 58.6 Å². The van der Waals surface area contributed by atoms with Gasteiger partial charge in [-0.3, -0.25) is 14.5 Å². The third-order valence-electron chi connectivity index (χ3n) is 4.01. The first kappa shape index (κ1) is 17.2. The Kier molecular flexibility index (Phi) is 5.35. The first-order valence-corrected chi connectivity index (χ1v) is 9.91. The maximum absolute atomic E-state index is 12.4. The van der Waals surface area contributed by atoms with Crippen LogP contribution in [0.3, 0.4) is 0 Å². The van der Waals surface area contributed by atoms with Crippen LogP contribution < -0.4 is 10.6 Å². The number of hydrogen-bond acceptors (Lipinski definition) is 5. The van der Waals surface area contributed by atoms with Gasteiger partial charge in [0.2, 0.25) is 5.91 Å². The average molecular weight is 365 g/mol. The van der Waals surface area contributed by atoms with Crippen LogP contribution in [0.15, 0.2) is 35.2 Å². The number of imide groups is 1. The standard InChI is InChI=1S/C16H19N3O3S2/c20-13(17-7-9-24-12-4-2-1-3-5-12)10-19-14(21)16(18-15(19)22)6-8-23-11-16/h1-5H,6-11H2,(H,17,20)(H,18,22). The van der Waals surface area contributed by atoms with Gasteiger partial charge in [-0.25, -0.2) is 4.79 Å². The average Bonchev–Trinajstić information content (AvgIpc) is 3.14. The van der Waals surface area contributed by atoms with E-state index in [-0.39, 0.29) is 18.4 Å². The number of carbonyl (C=O) groups is 3. The molecule has 8 heteroatoms. The van der Waals surface area contributed by atoms with Crippen molar-refractivity contribution in [2.75, 3.05) is 30.3 Å². The molecule has 1 aromatic carbocycles. The van der Waals surface area contributed by atoms with Crippen molar-refractivity contribution in [2.24, 2.45) is 0 Å². The minimum atomic E-state index is -0.787. The van der Waals surface area contributed by atoms with E-state index in [2.05, 4.69) is 10.6 Å². The number of amides is 4. The van der Waals surface area contributed by atoms with Crippen molar-refractivity contribution in [3.8, 4) is 0 Å². The zero-order valence-electron chi connectivity index (χ0n) is 13.1.